The number of carboxylic acids is 1. The van der Waals surface area contributed by atoms with Crippen LogP contribution in [0.15, 0.2) is 29.8 Å². The molecule has 0 aliphatic carbocycles. The van der Waals surface area contributed by atoms with Gasteiger partial charge < -0.3 is 14.6 Å². The van der Waals surface area contributed by atoms with E-state index in [2.05, 4.69) is 11.4 Å². The highest BCUT2D eigenvalue weighted by molar-refractivity contribution is 7.10. The molecule has 1 atom stereocenters. The van der Waals surface area contributed by atoms with Gasteiger partial charge in [0, 0.05) is 17.6 Å². The van der Waals surface area contributed by atoms with E-state index in [9.17, 15) is 9.59 Å². The molecule has 0 radical (unpaired) electrons. The van der Waals surface area contributed by atoms with E-state index in [0.29, 0.717) is 12.2 Å². The van der Waals surface area contributed by atoms with Crippen LogP contribution in [0.1, 0.15) is 33.9 Å². The van der Waals surface area contributed by atoms with Crippen LogP contribution in [0.4, 0.5) is 0 Å². The third-order valence-corrected chi connectivity index (χ3v) is 4.89. The summed E-state index contributed by atoms with van der Waals surface area (Å²) in [6.45, 7) is 2.50. The second kappa shape index (κ2) is 5.37. The number of aromatic nitrogens is 1. The Bertz CT molecular complexity index is 689. The van der Waals surface area contributed by atoms with E-state index in [0.717, 1.165) is 6.42 Å². The van der Waals surface area contributed by atoms with Crippen LogP contribution in [0.25, 0.3) is 0 Å². The first kappa shape index (κ1) is 13.9. The zero-order chi connectivity index (χ0) is 15.0. The van der Waals surface area contributed by atoms with Crippen LogP contribution in [0.5, 0.6) is 0 Å². The van der Waals surface area contributed by atoms with Crippen molar-refractivity contribution in [2.24, 2.45) is 0 Å². The molecule has 0 bridgehead atoms. The van der Waals surface area contributed by atoms with Gasteiger partial charge in [0.15, 0.2) is 0 Å². The zero-order valence-corrected chi connectivity index (χ0v) is 12.5. The van der Waals surface area contributed by atoms with Gasteiger partial charge in [-0.3, -0.25) is 9.59 Å². The molecule has 1 aliphatic heterocycles. The number of carboxylic acid groups (broad SMARTS) is 1. The summed E-state index contributed by atoms with van der Waals surface area (Å²) in [7, 11) is 0. The standard InChI is InChI=1S/C15H16N2O3S/c1-10-11-5-8-21-13(11)4-7-17(10)15(20)12-3-2-6-16(12)9-14(18)19/h2-3,5-6,8,10H,4,7,9H2,1H3,(H,18,19). The van der Waals surface area contributed by atoms with Crippen LogP contribution in [-0.4, -0.2) is 33.0 Å². The summed E-state index contributed by atoms with van der Waals surface area (Å²) in [5.74, 6) is -1.06. The lowest BCUT2D eigenvalue weighted by molar-refractivity contribution is -0.137. The molecule has 3 heterocycles. The number of aliphatic carboxylic acids is 1. The summed E-state index contributed by atoms with van der Waals surface area (Å²) in [4.78, 5) is 26.7. The van der Waals surface area contributed by atoms with E-state index in [1.807, 2.05) is 11.8 Å². The van der Waals surface area contributed by atoms with Crippen molar-refractivity contribution in [2.75, 3.05) is 6.54 Å². The van der Waals surface area contributed by atoms with Gasteiger partial charge in [-0.2, -0.15) is 0 Å². The first-order valence-corrected chi connectivity index (χ1v) is 7.70. The molecular formula is C15H16N2O3S. The third kappa shape index (κ3) is 2.47. The Balaban J connectivity index is 1.87. The lowest BCUT2D eigenvalue weighted by Crippen LogP contribution is -2.39. The molecule has 0 saturated carbocycles. The zero-order valence-electron chi connectivity index (χ0n) is 11.7. The number of fused-ring (bicyclic) bond motifs is 1. The number of amides is 1. The maximum Gasteiger partial charge on any atom is 0.323 e. The SMILES string of the molecule is CC1c2ccsc2CCN1C(=O)c1cccn1CC(=O)O. The van der Waals surface area contributed by atoms with Gasteiger partial charge in [0.25, 0.3) is 5.91 Å². The quantitative estimate of drug-likeness (QED) is 0.947. The lowest BCUT2D eigenvalue weighted by Gasteiger charge is -2.33. The van der Waals surface area contributed by atoms with Crippen LogP contribution in [0.3, 0.4) is 0 Å². The van der Waals surface area contributed by atoms with Crippen LogP contribution in [-0.2, 0) is 17.8 Å². The molecule has 1 amide bonds. The molecule has 0 aromatic carbocycles. The van der Waals surface area contributed by atoms with Crippen molar-refractivity contribution < 1.29 is 14.7 Å². The monoisotopic (exact) mass is 304 g/mol. The van der Waals surface area contributed by atoms with E-state index in [-0.39, 0.29) is 18.5 Å². The van der Waals surface area contributed by atoms with Gasteiger partial charge in [-0.1, -0.05) is 0 Å². The number of rotatable bonds is 3. The van der Waals surface area contributed by atoms with E-state index in [4.69, 9.17) is 5.11 Å². The van der Waals surface area contributed by atoms with Gasteiger partial charge in [0.05, 0.1) is 6.04 Å². The summed E-state index contributed by atoms with van der Waals surface area (Å²) in [5, 5.41) is 11.0. The summed E-state index contributed by atoms with van der Waals surface area (Å²) in [6, 6.07) is 5.49. The highest BCUT2D eigenvalue weighted by Gasteiger charge is 2.30. The minimum absolute atomic E-state index is 0.0284. The first-order valence-electron chi connectivity index (χ1n) is 6.82. The van der Waals surface area contributed by atoms with Crippen molar-refractivity contribution in [3.8, 4) is 0 Å². The van der Waals surface area contributed by atoms with Crippen LogP contribution in [0.2, 0.25) is 0 Å². The van der Waals surface area contributed by atoms with Crippen molar-refractivity contribution in [1.82, 2.24) is 9.47 Å². The summed E-state index contributed by atoms with van der Waals surface area (Å²) in [6.07, 6.45) is 2.49. The van der Waals surface area contributed by atoms with E-state index in [1.165, 1.54) is 15.0 Å². The maximum atomic E-state index is 12.7. The van der Waals surface area contributed by atoms with Crippen molar-refractivity contribution in [2.45, 2.75) is 25.9 Å². The normalized spacial score (nSPS) is 17.6. The molecule has 21 heavy (non-hydrogen) atoms. The molecule has 6 heteroatoms. The molecule has 5 nitrogen and oxygen atoms in total. The number of nitrogens with zero attached hydrogens (tertiary/aromatic N) is 2. The number of thiophene rings is 1. The molecule has 1 aliphatic rings. The van der Waals surface area contributed by atoms with Gasteiger partial charge in [0.1, 0.15) is 12.2 Å². The summed E-state index contributed by atoms with van der Waals surface area (Å²) < 4.78 is 1.49. The number of carbonyl (C=O) groups excluding carboxylic acids is 1. The molecule has 0 spiro atoms. The maximum absolute atomic E-state index is 12.7. The Morgan fingerprint density at radius 2 is 2.24 bits per heavy atom. The molecule has 2 aromatic heterocycles. The predicted octanol–water partition coefficient (Wildman–Crippen LogP) is 2.39. The van der Waals surface area contributed by atoms with Crippen molar-refractivity contribution in [3.05, 3.63) is 45.9 Å². The van der Waals surface area contributed by atoms with Crippen molar-refractivity contribution in [1.29, 1.82) is 0 Å². The van der Waals surface area contributed by atoms with Crippen LogP contribution < -0.4 is 0 Å². The topological polar surface area (TPSA) is 62.5 Å². The largest absolute Gasteiger partial charge is 0.480 e. The predicted molar refractivity (Wildman–Crippen MR) is 79.5 cm³/mol. The first-order chi connectivity index (χ1) is 10.1. The molecule has 110 valence electrons. The third-order valence-electron chi connectivity index (χ3n) is 3.89. The number of hydrogen-bond acceptors (Lipinski definition) is 3. The summed E-state index contributed by atoms with van der Waals surface area (Å²) in [5.41, 5.74) is 1.64. The van der Waals surface area contributed by atoms with Crippen LogP contribution >= 0.6 is 11.3 Å². The smallest absolute Gasteiger partial charge is 0.323 e. The average Bonchev–Trinajstić information content (AvgIpc) is 3.06. The minimum atomic E-state index is -0.952. The number of hydrogen-bond donors (Lipinski definition) is 1. The molecule has 1 N–H and O–H groups in total. The molecule has 0 saturated heterocycles. The Labute approximate surface area is 126 Å². The average molecular weight is 304 g/mol. The fourth-order valence-electron chi connectivity index (χ4n) is 2.83. The Hall–Kier alpha value is -2.08. The Morgan fingerprint density at radius 3 is 3.00 bits per heavy atom. The van der Waals surface area contributed by atoms with Crippen LogP contribution in [0, 0.1) is 0 Å². The van der Waals surface area contributed by atoms with Gasteiger partial charge in [-0.15, -0.1) is 11.3 Å². The number of carbonyl (C=O) groups is 2. The van der Waals surface area contributed by atoms with E-state index >= 15 is 0 Å². The second-order valence-electron chi connectivity index (χ2n) is 5.14. The second-order valence-corrected chi connectivity index (χ2v) is 6.14. The molecular weight excluding hydrogens is 288 g/mol. The highest BCUT2D eigenvalue weighted by Crippen LogP contribution is 2.33. The molecule has 1 unspecified atom stereocenters. The fraction of sp³-hybridized carbons (Fsp3) is 0.333. The van der Waals surface area contributed by atoms with Crippen molar-refractivity contribution >= 4 is 23.2 Å². The van der Waals surface area contributed by atoms with Gasteiger partial charge in [-0.05, 0) is 42.5 Å². The van der Waals surface area contributed by atoms with Gasteiger partial charge in [0.2, 0.25) is 0 Å². The van der Waals surface area contributed by atoms with Gasteiger partial charge in [-0.25, -0.2) is 0 Å². The highest BCUT2D eigenvalue weighted by atomic mass is 32.1. The van der Waals surface area contributed by atoms with Crippen molar-refractivity contribution in [3.63, 3.8) is 0 Å². The fourth-order valence-corrected chi connectivity index (χ4v) is 3.79. The Morgan fingerprint density at radius 1 is 1.43 bits per heavy atom. The minimum Gasteiger partial charge on any atom is -0.480 e. The Kier molecular flexibility index (Phi) is 3.55. The van der Waals surface area contributed by atoms with E-state index in [1.54, 1.807) is 29.7 Å². The van der Waals surface area contributed by atoms with E-state index < -0.39 is 5.97 Å². The lowest BCUT2D eigenvalue weighted by atomic mass is 10.0. The summed E-state index contributed by atoms with van der Waals surface area (Å²) >= 11 is 1.73. The molecule has 2 aromatic rings. The molecule has 0 fully saturated rings. The van der Waals surface area contributed by atoms with Gasteiger partial charge >= 0.3 is 5.97 Å². The molecule has 3 rings (SSSR count).